The minimum absolute atomic E-state index is 0.0197. The second-order valence-electron chi connectivity index (χ2n) is 3.71. The van der Waals surface area contributed by atoms with E-state index in [0.29, 0.717) is 0 Å². The topological polar surface area (TPSA) is 35.2 Å². The van der Waals surface area contributed by atoms with Gasteiger partial charge in [0.1, 0.15) is 18.2 Å². The van der Waals surface area contributed by atoms with E-state index in [9.17, 15) is 13.2 Å². The molecule has 0 heterocycles. The molecule has 2 N–H and O–H groups in total. The standard InChI is InChI=1S/C13H10F3NO/c14-9-1-3-11(15)8(5-9)7-18-13-4-2-10(17)6-12(13)16/h1-6H,7,17H2. The number of halogens is 3. The van der Waals surface area contributed by atoms with Crippen molar-refractivity contribution >= 4 is 5.69 Å². The lowest BCUT2D eigenvalue weighted by atomic mass is 10.2. The molecule has 0 atom stereocenters. The van der Waals surface area contributed by atoms with Crippen LogP contribution in [0.25, 0.3) is 0 Å². The van der Waals surface area contributed by atoms with Crippen molar-refractivity contribution in [3.8, 4) is 5.75 Å². The summed E-state index contributed by atoms with van der Waals surface area (Å²) >= 11 is 0. The van der Waals surface area contributed by atoms with E-state index in [4.69, 9.17) is 10.5 Å². The van der Waals surface area contributed by atoms with Gasteiger partial charge in [-0.2, -0.15) is 0 Å². The predicted octanol–water partition coefficient (Wildman–Crippen LogP) is 3.27. The lowest BCUT2D eigenvalue weighted by Crippen LogP contribution is -2.01. The van der Waals surface area contributed by atoms with E-state index in [1.807, 2.05) is 0 Å². The van der Waals surface area contributed by atoms with Crippen LogP contribution in [-0.2, 0) is 6.61 Å². The van der Waals surface area contributed by atoms with Gasteiger partial charge in [0.15, 0.2) is 11.6 Å². The largest absolute Gasteiger partial charge is 0.486 e. The third-order valence-electron chi connectivity index (χ3n) is 2.35. The molecule has 94 valence electrons. The number of hydrogen-bond donors (Lipinski definition) is 1. The van der Waals surface area contributed by atoms with Crippen LogP contribution in [0, 0.1) is 17.5 Å². The average molecular weight is 253 g/mol. The van der Waals surface area contributed by atoms with E-state index in [0.717, 1.165) is 24.3 Å². The Labute approximate surface area is 102 Å². The first-order chi connectivity index (χ1) is 8.56. The number of hydrogen-bond acceptors (Lipinski definition) is 2. The van der Waals surface area contributed by atoms with Crippen LogP contribution in [0.1, 0.15) is 5.56 Å². The van der Waals surface area contributed by atoms with Crippen molar-refractivity contribution in [3.63, 3.8) is 0 Å². The minimum atomic E-state index is -0.646. The van der Waals surface area contributed by atoms with Gasteiger partial charge in [-0.15, -0.1) is 0 Å². The quantitative estimate of drug-likeness (QED) is 0.852. The number of ether oxygens (including phenoxy) is 1. The number of nitrogens with two attached hydrogens (primary N) is 1. The van der Waals surface area contributed by atoms with Crippen LogP contribution in [0.3, 0.4) is 0 Å². The third-order valence-corrected chi connectivity index (χ3v) is 2.35. The summed E-state index contributed by atoms with van der Waals surface area (Å²) in [4.78, 5) is 0. The highest BCUT2D eigenvalue weighted by molar-refractivity contribution is 5.42. The maximum absolute atomic E-state index is 13.4. The van der Waals surface area contributed by atoms with E-state index in [1.165, 1.54) is 12.1 Å². The highest BCUT2D eigenvalue weighted by Crippen LogP contribution is 2.21. The predicted molar refractivity (Wildman–Crippen MR) is 61.5 cm³/mol. The van der Waals surface area contributed by atoms with Crippen molar-refractivity contribution in [2.45, 2.75) is 6.61 Å². The number of rotatable bonds is 3. The highest BCUT2D eigenvalue weighted by atomic mass is 19.1. The van der Waals surface area contributed by atoms with Crippen LogP contribution >= 0.6 is 0 Å². The summed E-state index contributed by atoms with van der Waals surface area (Å²) in [5, 5.41) is 0. The molecule has 0 saturated heterocycles. The second kappa shape index (κ2) is 5.00. The molecule has 0 aliphatic rings. The van der Waals surface area contributed by atoms with Gasteiger partial charge in [0.2, 0.25) is 0 Å². The molecule has 2 nitrogen and oxygen atoms in total. The molecule has 18 heavy (non-hydrogen) atoms. The van der Waals surface area contributed by atoms with Crippen LogP contribution in [0.2, 0.25) is 0 Å². The Balaban J connectivity index is 2.13. The van der Waals surface area contributed by atoms with Gasteiger partial charge >= 0.3 is 0 Å². The Morgan fingerprint density at radius 1 is 0.944 bits per heavy atom. The first-order valence-electron chi connectivity index (χ1n) is 5.18. The number of nitrogen functional groups attached to an aromatic ring is 1. The van der Waals surface area contributed by atoms with Crippen LogP contribution < -0.4 is 10.5 Å². The Morgan fingerprint density at radius 2 is 1.72 bits per heavy atom. The molecule has 0 bridgehead atoms. The molecule has 0 aromatic heterocycles. The van der Waals surface area contributed by atoms with Gasteiger partial charge in [0, 0.05) is 17.3 Å². The molecule has 2 aromatic carbocycles. The van der Waals surface area contributed by atoms with Gasteiger partial charge in [0.25, 0.3) is 0 Å². The molecule has 0 amide bonds. The highest BCUT2D eigenvalue weighted by Gasteiger charge is 2.07. The molecule has 0 saturated carbocycles. The van der Waals surface area contributed by atoms with Gasteiger partial charge in [-0.25, -0.2) is 13.2 Å². The Bertz CT molecular complexity index is 572. The van der Waals surface area contributed by atoms with Crippen molar-refractivity contribution in [1.82, 2.24) is 0 Å². The summed E-state index contributed by atoms with van der Waals surface area (Å²) in [6.45, 7) is -0.259. The molecule has 0 aliphatic heterocycles. The second-order valence-corrected chi connectivity index (χ2v) is 3.71. The Morgan fingerprint density at radius 3 is 2.44 bits per heavy atom. The lowest BCUT2D eigenvalue weighted by Gasteiger charge is -2.08. The van der Waals surface area contributed by atoms with Crippen molar-refractivity contribution in [1.29, 1.82) is 0 Å². The first kappa shape index (κ1) is 12.3. The van der Waals surface area contributed by atoms with Gasteiger partial charge in [0.05, 0.1) is 0 Å². The summed E-state index contributed by atoms with van der Waals surface area (Å²) in [5.41, 5.74) is 5.65. The molecule has 0 unspecified atom stereocenters. The van der Waals surface area contributed by atoms with E-state index in [2.05, 4.69) is 0 Å². The fraction of sp³-hybridized carbons (Fsp3) is 0.0769. The van der Waals surface area contributed by atoms with E-state index < -0.39 is 17.5 Å². The zero-order chi connectivity index (χ0) is 13.1. The van der Waals surface area contributed by atoms with E-state index in [-0.39, 0.29) is 23.6 Å². The van der Waals surface area contributed by atoms with Gasteiger partial charge in [-0.1, -0.05) is 0 Å². The van der Waals surface area contributed by atoms with Crippen LogP contribution in [0.15, 0.2) is 36.4 Å². The van der Waals surface area contributed by atoms with Crippen molar-refractivity contribution in [2.75, 3.05) is 5.73 Å². The SMILES string of the molecule is Nc1ccc(OCc2cc(F)ccc2F)c(F)c1. The molecule has 5 heteroatoms. The Kier molecular flexibility index (Phi) is 3.41. The summed E-state index contributed by atoms with van der Waals surface area (Å²) in [6, 6.07) is 6.89. The summed E-state index contributed by atoms with van der Waals surface area (Å²) < 4.78 is 44.6. The average Bonchev–Trinajstić information content (AvgIpc) is 2.32. The maximum Gasteiger partial charge on any atom is 0.167 e. The van der Waals surface area contributed by atoms with E-state index >= 15 is 0 Å². The van der Waals surface area contributed by atoms with Gasteiger partial charge in [-0.3, -0.25) is 0 Å². The molecular weight excluding hydrogens is 243 g/mol. The molecule has 0 spiro atoms. The fourth-order valence-electron chi connectivity index (χ4n) is 1.44. The summed E-state index contributed by atoms with van der Waals surface area (Å²) in [5.74, 6) is -1.89. The van der Waals surface area contributed by atoms with Gasteiger partial charge in [-0.05, 0) is 30.3 Å². The normalized spacial score (nSPS) is 10.4. The molecule has 0 aliphatic carbocycles. The fourth-order valence-corrected chi connectivity index (χ4v) is 1.44. The zero-order valence-corrected chi connectivity index (χ0v) is 9.29. The van der Waals surface area contributed by atoms with E-state index in [1.54, 1.807) is 0 Å². The Hall–Kier alpha value is -2.17. The molecule has 0 fully saturated rings. The smallest absolute Gasteiger partial charge is 0.167 e. The minimum Gasteiger partial charge on any atom is -0.486 e. The molecular formula is C13H10F3NO. The lowest BCUT2D eigenvalue weighted by molar-refractivity contribution is 0.284. The van der Waals surface area contributed by atoms with Crippen LogP contribution in [0.4, 0.5) is 18.9 Å². The zero-order valence-electron chi connectivity index (χ0n) is 9.29. The number of benzene rings is 2. The molecule has 0 radical (unpaired) electrons. The van der Waals surface area contributed by atoms with Crippen LogP contribution in [0.5, 0.6) is 5.75 Å². The molecule has 2 aromatic rings. The maximum atomic E-state index is 13.4. The van der Waals surface area contributed by atoms with Gasteiger partial charge < -0.3 is 10.5 Å². The third kappa shape index (κ3) is 2.74. The summed E-state index contributed by atoms with van der Waals surface area (Å²) in [6.07, 6.45) is 0. The first-order valence-corrected chi connectivity index (χ1v) is 5.18. The monoisotopic (exact) mass is 253 g/mol. The summed E-state index contributed by atoms with van der Waals surface area (Å²) in [7, 11) is 0. The van der Waals surface area contributed by atoms with Crippen molar-refractivity contribution < 1.29 is 17.9 Å². The van der Waals surface area contributed by atoms with Crippen molar-refractivity contribution in [3.05, 3.63) is 59.4 Å². The number of anilines is 1. The molecule has 2 rings (SSSR count). The van der Waals surface area contributed by atoms with Crippen LogP contribution in [-0.4, -0.2) is 0 Å². The van der Waals surface area contributed by atoms with Crippen molar-refractivity contribution in [2.24, 2.45) is 0 Å².